The molecule has 0 bridgehead atoms. The van der Waals surface area contributed by atoms with E-state index < -0.39 is 6.03 Å². The van der Waals surface area contributed by atoms with Gasteiger partial charge in [0, 0.05) is 78.2 Å². The molecule has 45 heavy (non-hydrogen) atoms. The summed E-state index contributed by atoms with van der Waals surface area (Å²) in [7, 11) is 1.34. The van der Waals surface area contributed by atoms with Crippen molar-refractivity contribution >= 4 is 35.2 Å². The molecule has 2 aliphatic rings. The largest absolute Gasteiger partial charge is 0.468 e. The van der Waals surface area contributed by atoms with Crippen LogP contribution in [-0.2, 0) is 40.3 Å². The number of benzene rings is 2. The summed E-state index contributed by atoms with van der Waals surface area (Å²) >= 11 is 13.0. The van der Waals surface area contributed by atoms with Crippen LogP contribution in [0, 0.1) is 11.8 Å². The minimum Gasteiger partial charge on any atom is -0.468 e. The van der Waals surface area contributed by atoms with Crippen LogP contribution in [0.15, 0.2) is 36.4 Å². The molecule has 2 aliphatic heterocycles. The van der Waals surface area contributed by atoms with Gasteiger partial charge >= 0.3 is 12.0 Å². The molecule has 3 N–H and O–H groups in total. The van der Waals surface area contributed by atoms with Gasteiger partial charge in [0.15, 0.2) is 0 Å². The van der Waals surface area contributed by atoms with Crippen molar-refractivity contribution in [3.63, 3.8) is 0 Å². The first-order valence-electron chi connectivity index (χ1n) is 15.1. The molecule has 0 unspecified atom stereocenters. The number of nitrogens with one attached hydrogen (secondary N) is 1. The highest BCUT2D eigenvalue weighted by Gasteiger charge is 2.27. The van der Waals surface area contributed by atoms with Gasteiger partial charge in [-0.2, -0.15) is 5.10 Å². The lowest BCUT2D eigenvalue weighted by molar-refractivity contribution is -0.139. The molecule has 1 atom stereocenters. The fraction of sp³-hybridized carbons (Fsp3) is 0.424. The quantitative estimate of drug-likeness (QED) is 0.265. The fourth-order valence-corrected chi connectivity index (χ4v) is 6.03. The van der Waals surface area contributed by atoms with E-state index in [2.05, 4.69) is 38.4 Å². The van der Waals surface area contributed by atoms with Crippen LogP contribution >= 0.6 is 23.2 Å². The van der Waals surface area contributed by atoms with E-state index in [0.717, 1.165) is 72.9 Å². The van der Waals surface area contributed by atoms with Gasteiger partial charge in [-0.3, -0.25) is 14.4 Å². The predicted molar refractivity (Wildman–Crippen MR) is 174 cm³/mol. The van der Waals surface area contributed by atoms with Gasteiger partial charge in [-0.05, 0) is 49.2 Å². The third-order valence-electron chi connectivity index (χ3n) is 8.21. The van der Waals surface area contributed by atoms with E-state index >= 15 is 0 Å². The first-order chi connectivity index (χ1) is 21.7. The van der Waals surface area contributed by atoms with Crippen molar-refractivity contribution in [2.75, 3.05) is 46.5 Å². The Bertz CT molecular complexity index is 1610. The first kappa shape index (κ1) is 32.8. The number of carbonyl (C=O) groups excluding carboxylic acids is 2. The maximum atomic E-state index is 12.1. The Morgan fingerprint density at radius 1 is 1.13 bits per heavy atom. The number of carbonyl (C=O) groups is 2. The summed E-state index contributed by atoms with van der Waals surface area (Å²) in [5, 5.41) is 9.18. The Morgan fingerprint density at radius 3 is 2.73 bits per heavy atom. The molecule has 238 valence electrons. The normalized spacial score (nSPS) is 16.5. The molecule has 3 aromatic rings. The van der Waals surface area contributed by atoms with E-state index in [1.54, 1.807) is 11.0 Å². The highest BCUT2D eigenvalue weighted by atomic mass is 35.5. The number of nitrogens with zero attached hydrogens (tertiary/aromatic N) is 4. The average Bonchev–Trinajstić information content (AvgIpc) is 3.40. The van der Waals surface area contributed by atoms with E-state index in [0.29, 0.717) is 47.7 Å². The summed E-state index contributed by atoms with van der Waals surface area (Å²) in [4.78, 5) is 27.6. The van der Waals surface area contributed by atoms with Crippen LogP contribution in [0.3, 0.4) is 0 Å². The number of ether oxygens (including phenoxy) is 2. The number of fused-ring (bicyclic) bond motifs is 1. The number of rotatable bonds is 9. The van der Waals surface area contributed by atoms with Crippen molar-refractivity contribution in [2.24, 2.45) is 5.73 Å². The maximum absolute atomic E-state index is 12.1. The number of hydrogen-bond donors (Lipinski definition) is 2. The van der Waals surface area contributed by atoms with Gasteiger partial charge in [0.25, 0.3) is 0 Å². The van der Waals surface area contributed by atoms with Crippen molar-refractivity contribution < 1.29 is 19.1 Å². The van der Waals surface area contributed by atoms with Crippen molar-refractivity contribution in [1.29, 1.82) is 0 Å². The molecule has 5 rings (SSSR count). The third kappa shape index (κ3) is 8.17. The number of esters is 1. The van der Waals surface area contributed by atoms with Gasteiger partial charge in [-0.1, -0.05) is 41.1 Å². The third-order valence-corrected chi connectivity index (χ3v) is 8.90. The fourth-order valence-electron chi connectivity index (χ4n) is 5.68. The van der Waals surface area contributed by atoms with Crippen molar-refractivity contribution in [2.45, 2.75) is 45.4 Å². The molecule has 10 nitrogen and oxygen atoms in total. The van der Waals surface area contributed by atoms with Crippen LogP contribution < -0.4 is 11.1 Å². The van der Waals surface area contributed by atoms with Crippen LogP contribution in [0.5, 0.6) is 0 Å². The van der Waals surface area contributed by atoms with E-state index in [1.807, 2.05) is 30.3 Å². The van der Waals surface area contributed by atoms with Crippen LogP contribution in [0.4, 0.5) is 4.79 Å². The molecular weight excluding hydrogens is 615 g/mol. The number of morpholine rings is 1. The Hall–Kier alpha value is -3.59. The van der Waals surface area contributed by atoms with Gasteiger partial charge < -0.3 is 25.4 Å². The summed E-state index contributed by atoms with van der Waals surface area (Å²) in [5.41, 5.74) is 11.7. The second-order valence-corrected chi connectivity index (χ2v) is 12.1. The summed E-state index contributed by atoms with van der Waals surface area (Å²) in [6.45, 7) is 7.85. The lowest BCUT2D eigenvalue weighted by Gasteiger charge is -2.33. The van der Waals surface area contributed by atoms with Crippen LogP contribution in [-0.4, -0.2) is 84.1 Å². The second kappa shape index (κ2) is 15.1. The summed E-state index contributed by atoms with van der Waals surface area (Å²) in [6.07, 6.45) is 1.64. The Balaban J connectivity index is 1.38. The van der Waals surface area contributed by atoms with E-state index in [1.165, 1.54) is 7.11 Å². The number of aromatic nitrogens is 2. The van der Waals surface area contributed by atoms with Gasteiger partial charge in [0.1, 0.15) is 0 Å². The molecule has 0 saturated carbocycles. The van der Waals surface area contributed by atoms with Crippen LogP contribution in [0.2, 0.25) is 10.0 Å². The van der Waals surface area contributed by atoms with Crippen molar-refractivity contribution in [1.82, 2.24) is 24.9 Å². The summed E-state index contributed by atoms with van der Waals surface area (Å²) in [5.74, 6) is 6.04. The number of nitrogens with two attached hydrogens (primary N) is 1. The Labute approximate surface area is 273 Å². The minimum atomic E-state index is -0.439. The highest BCUT2D eigenvalue weighted by Crippen LogP contribution is 2.32. The first-order valence-corrected chi connectivity index (χ1v) is 15.8. The number of amides is 2. The summed E-state index contributed by atoms with van der Waals surface area (Å²) in [6, 6.07) is 11.2. The molecular formula is C33H38Cl2N6O4. The number of primary amides is 1. The van der Waals surface area contributed by atoms with E-state index in [4.69, 9.17) is 38.8 Å². The number of methoxy groups -OCH3 is 1. The molecule has 1 saturated heterocycles. The minimum absolute atomic E-state index is 0.0783. The van der Waals surface area contributed by atoms with Gasteiger partial charge in [-0.25, -0.2) is 4.79 Å². The lowest BCUT2D eigenvalue weighted by atomic mass is 9.99. The van der Waals surface area contributed by atoms with Crippen molar-refractivity contribution in [3.05, 3.63) is 74.4 Å². The number of halogens is 2. The standard InChI is InChI=1S/C33H38Cl2N6O4/c1-22-21-45-15-14-39(22)11-3-12-41-30-10-13-40(33(36)43)20-27(30)32(38-41)25-7-9-28(34)24(17-25)6-4-23-5-8-29(35)26(16-23)18-37-19-31(42)44-2/h5,7-9,16-17,22,37H,3,10-15,18-21H2,1-2H3,(H2,36,43)/t22-/m1/s1. The lowest BCUT2D eigenvalue weighted by Crippen LogP contribution is -2.44. The summed E-state index contributed by atoms with van der Waals surface area (Å²) < 4.78 is 12.4. The zero-order valence-corrected chi connectivity index (χ0v) is 27.1. The smallest absolute Gasteiger partial charge is 0.319 e. The van der Waals surface area contributed by atoms with E-state index in [-0.39, 0.29) is 12.5 Å². The molecule has 12 heteroatoms. The van der Waals surface area contributed by atoms with E-state index in [9.17, 15) is 9.59 Å². The molecule has 1 aromatic heterocycles. The Morgan fingerprint density at radius 2 is 1.96 bits per heavy atom. The number of aryl methyl sites for hydroxylation is 1. The van der Waals surface area contributed by atoms with Gasteiger partial charge in [-0.15, -0.1) is 0 Å². The topological polar surface area (TPSA) is 115 Å². The SMILES string of the molecule is COC(=O)CNCc1cc(C#Cc2cc(-c3nn(CCCN4CCOC[C@H]4C)c4c3CN(C(N)=O)CC4)ccc2Cl)ccc1Cl. The van der Waals surface area contributed by atoms with Crippen LogP contribution in [0.1, 0.15) is 41.3 Å². The molecule has 2 amide bonds. The predicted octanol–water partition coefficient (Wildman–Crippen LogP) is 4.07. The molecule has 0 spiro atoms. The highest BCUT2D eigenvalue weighted by molar-refractivity contribution is 6.32. The molecule has 3 heterocycles. The number of hydrogen-bond acceptors (Lipinski definition) is 7. The zero-order chi connectivity index (χ0) is 31.9. The second-order valence-electron chi connectivity index (χ2n) is 11.3. The molecule has 0 aliphatic carbocycles. The number of urea groups is 1. The van der Waals surface area contributed by atoms with Gasteiger partial charge in [0.2, 0.25) is 0 Å². The molecule has 1 fully saturated rings. The zero-order valence-electron chi connectivity index (χ0n) is 25.6. The maximum Gasteiger partial charge on any atom is 0.319 e. The Kier molecular flexibility index (Phi) is 11.0. The molecule has 0 radical (unpaired) electrons. The molecule has 2 aromatic carbocycles. The van der Waals surface area contributed by atoms with Crippen molar-refractivity contribution in [3.8, 4) is 23.1 Å². The van der Waals surface area contributed by atoms with Crippen LogP contribution in [0.25, 0.3) is 11.3 Å². The average molecular weight is 654 g/mol. The monoisotopic (exact) mass is 652 g/mol. The van der Waals surface area contributed by atoms with Gasteiger partial charge in [0.05, 0.1) is 44.1 Å².